The van der Waals surface area contributed by atoms with Crippen LogP contribution in [0.4, 0.5) is 5.69 Å². The summed E-state index contributed by atoms with van der Waals surface area (Å²) in [5.41, 5.74) is 2.77. The van der Waals surface area contributed by atoms with Gasteiger partial charge in [0.05, 0.1) is 34.6 Å². The second-order valence-corrected chi connectivity index (χ2v) is 12.3. The Hall–Kier alpha value is -1.90. The summed E-state index contributed by atoms with van der Waals surface area (Å²) < 4.78 is 4.49. The standard InChI is InChI=1S/C25H27BrCl2N6O/c1-14-21(15(2)33(31-14)11-18-19(27)4-3-5-20(18)28)30-22(35)24-7-16-6-17(8-24)10-25(9-16,12-24)34-13-29-23(26)32-34/h3-5,13,16-17H,6-12H2,1-2H3,(H,30,35). The largest absolute Gasteiger partial charge is 0.322 e. The molecule has 35 heavy (non-hydrogen) atoms. The quantitative estimate of drug-likeness (QED) is 0.395. The smallest absolute Gasteiger partial charge is 0.230 e. The van der Waals surface area contributed by atoms with Gasteiger partial charge in [-0.05, 0) is 92.3 Å². The minimum absolute atomic E-state index is 0.108. The molecule has 2 heterocycles. The first-order valence-corrected chi connectivity index (χ1v) is 13.6. The average Bonchev–Trinajstić information content (AvgIpc) is 3.34. The lowest BCUT2D eigenvalue weighted by Gasteiger charge is -2.60. The summed E-state index contributed by atoms with van der Waals surface area (Å²) in [5.74, 6) is 1.19. The van der Waals surface area contributed by atoms with E-state index in [-0.39, 0.29) is 11.4 Å². The Labute approximate surface area is 222 Å². The van der Waals surface area contributed by atoms with Crippen molar-refractivity contribution in [1.29, 1.82) is 0 Å². The predicted molar refractivity (Wildman–Crippen MR) is 139 cm³/mol. The number of aromatic nitrogens is 5. The summed E-state index contributed by atoms with van der Waals surface area (Å²) in [6, 6.07) is 5.48. The number of hydrogen-bond acceptors (Lipinski definition) is 4. The number of aryl methyl sites for hydroxylation is 1. The van der Waals surface area contributed by atoms with Crippen LogP contribution in [0.25, 0.3) is 0 Å². The Morgan fingerprint density at radius 1 is 1.14 bits per heavy atom. The Morgan fingerprint density at radius 3 is 2.46 bits per heavy atom. The van der Waals surface area contributed by atoms with Gasteiger partial charge in [-0.15, -0.1) is 5.10 Å². The maximum absolute atomic E-state index is 14.0. The van der Waals surface area contributed by atoms with Gasteiger partial charge in [-0.25, -0.2) is 9.67 Å². The van der Waals surface area contributed by atoms with Crippen LogP contribution in [0, 0.1) is 31.1 Å². The first-order valence-electron chi connectivity index (χ1n) is 12.0. The Balaban J connectivity index is 1.28. The van der Waals surface area contributed by atoms with Crippen LogP contribution in [0.15, 0.2) is 29.3 Å². The monoisotopic (exact) mass is 576 g/mol. The van der Waals surface area contributed by atoms with Crippen molar-refractivity contribution in [2.45, 2.75) is 64.5 Å². The Kier molecular flexibility index (Phi) is 5.58. The lowest BCUT2D eigenvalue weighted by Crippen LogP contribution is -2.60. The number of carbonyl (C=O) groups excluding carboxylic acids is 1. The van der Waals surface area contributed by atoms with E-state index >= 15 is 0 Å². The number of benzene rings is 1. The molecule has 4 bridgehead atoms. The summed E-state index contributed by atoms with van der Waals surface area (Å²) in [6.07, 6.45) is 7.85. The molecular weight excluding hydrogens is 551 g/mol. The van der Waals surface area contributed by atoms with Crippen LogP contribution in [-0.2, 0) is 16.9 Å². The normalized spacial score (nSPS) is 29.1. The maximum Gasteiger partial charge on any atom is 0.230 e. The minimum Gasteiger partial charge on any atom is -0.322 e. The molecule has 3 aromatic rings. The molecule has 4 aliphatic carbocycles. The van der Waals surface area contributed by atoms with Gasteiger partial charge in [0.25, 0.3) is 0 Å². The van der Waals surface area contributed by atoms with Crippen LogP contribution in [0.2, 0.25) is 10.0 Å². The number of hydrogen-bond donors (Lipinski definition) is 1. The van der Waals surface area contributed by atoms with E-state index in [1.54, 1.807) is 0 Å². The van der Waals surface area contributed by atoms with Gasteiger partial charge in [0.15, 0.2) is 0 Å². The summed E-state index contributed by atoms with van der Waals surface area (Å²) in [6.45, 7) is 4.36. The van der Waals surface area contributed by atoms with Crippen LogP contribution in [0.3, 0.4) is 0 Å². The lowest BCUT2D eigenvalue weighted by molar-refractivity contribution is -0.150. The highest BCUT2D eigenvalue weighted by atomic mass is 79.9. The molecule has 0 saturated heterocycles. The molecule has 4 saturated carbocycles. The summed E-state index contributed by atoms with van der Waals surface area (Å²) >= 11 is 16.2. The molecule has 0 radical (unpaired) electrons. The van der Waals surface area contributed by atoms with Gasteiger partial charge >= 0.3 is 0 Å². The fraction of sp³-hybridized carbons (Fsp3) is 0.520. The zero-order chi connectivity index (χ0) is 24.5. The number of carbonyl (C=O) groups is 1. The first kappa shape index (κ1) is 23.5. The summed E-state index contributed by atoms with van der Waals surface area (Å²) in [7, 11) is 0. The highest BCUT2D eigenvalue weighted by Gasteiger charge is 2.61. The average molecular weight is 578 g/mol. The van der Waals surface area contributed by atoms with Gasteiger partial charge in [-0.1, -0.05) is 29.3 Å². The molecule has 4 aliphatic rings. The molecule has 1 amide bonds. The van der Waals surface area contributed by atoms with Gasteiger partial charge in [0, 0.05) is 15.6 Å². The van der Waals surface area contributed by atoms with Crippen LogP contribution in [0.1, 0.15) is 55.5 Å². The molecule has 0 spiro atoms. The van der Waals surface area contributed by atoms with E-state index < -0.39 is 5.41 Å². The second kappa shape index (κ2) is 8.32. The maximum atomic E-state index is 14.0. The number of anilines is 1. The van der Waals surface area contributed by atoms with Crippen molar-refractivity contribution in [3.63, 3.8) is 0 Å². The third-order valence-electron chi connectivity index (χ3n) is 8.45. The zero-order valence-electron chi connectivity index (χ0n) is 19.7. The third-order valence-corrected chi connectivity index (χ3v) is 9.52. The Bertz CT molecular complexity index is 1300. The van der Waals surface area contributed by atoms with E-state index in [1.165, 1.54) is 6.42 Å². The molecule has 184 valence electrons. The van der Waals surface area contributed by atoms with Crippen molar-refractivity contribution in [1.82, 2.24) is 24.5 Å². The second-order valence-electron chi connectivity index (χ2n) is 10.8. The lowest BCUT2D eigenvalue weighted by atomic mass is 9.46. The van der Waals surface area contributed by atoms with Gasteiger partial charge in [0.2, 0.25) is 10.6 Å². The number of rotatable bonds is 5. The first-order chi connectivity index (χ1) is 16.7. The van der Waals surface area contributed by atoms with Crippen LogP contribution in [0.5, 0.6) is 0 Å². The van der Waals surface area contributed by atoms with E-state index in [4.69, 9.17) is 28.3 Å². The SMILES string of the molecule is Cc1nn(Cc2c(Cl)cccc2Cl)c(C)c1NC(=O)C12CC3CC(C1)CC(n1cnc(Br)n1)(C3)C2. The highest BCUT2D eigenvalue weighted by Crippen LogP contribution is 2.64. The van der Waals surface area contributed by atoms with Crippen molar-refractivity contribution in [3.8, 4) is 0 Å². The number of nitrogens with zero attached hydrogens (tertiary/aromatic N) is 5. The van der Waals surface area contributed by atoms with Crippen LogP contribution < -0.4 is 5.32 Å². The molecule has 1 N–H and O–H groups in total. The number of nitrogens with one attached hydrogen (secondary N) is 1. The predicted octanol–water partition coefficient (Wildman–Crippen LogP) is 6.14. The number of halogens is 3. The Morgan fingerprint density at radius 2 is 1.83 bits per heavy atom. The molecule has 10 heteroatoms. The van der Waals surface area contributed by atoms with E-state index in [0.717, 1.165) is 54.7 Å². The van der Waals surface area contributed by atoms with Gasteiger partial charge in [-0.2, -0.15) is 5.10 Å². The van der Waals surface area contributed by atoms with E-state index in [2.05, 4.69) is 31.3 Å². The van der Waals surface area contributed by atoms with E-state index in [0.29, 0.717) is 33.2 Å². The topological polar surface area (TPSA) is 77.6 Å². The summed E-state index contributed by atoms with van der Waals surface area (Å²) in [4.78, 5) is 18.3. The van der Waals surface area contributed by atoms with Crippen molar-refractivity contribution in [3.05, 3.63) is 56.3 Å². The summed E-state index contributed by atoms with van der Waals surface area (Å²) in [5, 5.41) is 13.8. The van der Waals surface area contributed by atoms with Crippen LogP contribution in [-0.4, -0.2) is 30.5 Å². The van der Waals surface area contributed by atoms with Gasteiger partial charge < -0.3 is 5.32 Å². The van der Waals surface area contributed by atoms with Gasteiger partial charge in [0.1, 0.15) is 6.33 Å². The molecule has 4 fully saturated rings. The molecule has 0 aliphatic heterocycles. The zero-order valence-corrected chi connectivity index (χ0v) is 22.8. The van der Waals surface area contributed by atoms with Crippen molar-refractivity contribution in [2.75, 3.05) is 5.32 Å². The van der Waals surface area contributed by atoms with Crippen molar-refractivity contribution >= 4 is 50.7 Å². The third kappa shape index (κ3) is 3.83. The molecule has 2 aromatic heterocycles. The fourth-order valence-corrected chi connectivity index (χ4v) is 8.11. The fourth-order valence-electron chi connectivity index (χ4n) is 7.33. The van der Waals surface area contributed by atoms with Crippen molar-refractivity contribution in [2.24, 2.45) is 17.3 Å². The molecule has 7 nitrogen and oxygen atoms in total. The molecule has 2 atom stereocenters. The number of amides is 1. The highest BCUT2D eigenvalue weighted by molar-refractivity contribution is 9.10. The van der Waals surface area contributed by atoms with Crippen LogP contribution >= 0.6 is 39.1 Å². The molecular formula is C25H27BrCl2N6O. The minimum atomic E-state index is -0.393. The molecule has 1 aromatic carbocycles. The van der Waals surface area contributed by atoms with E-state index in [9.17, 15) is 4.79 Å². The van der Waals surface area contributed by atoms with Gasteiger partial charge in [-0.3, -0.25) is 9.48 Å². The van der Waals surface area contributed by atoms with E-state index in [1.807, 2.05) is 47.7 Å². The van der Waals surface area contributed by atoms with Crippen molar-refractivity contribution < 1.29 is 4.79 Å². The molecule has 2 unspecified atom stereocenters. The molecule has 7 rings (SSSR count).